The second-order valence-electron chi connectivity index (χ2n) is 3.48. The zero-order valence-electron chi connectivity index (χ0n) is 7.74. The molecule has 1 aliphatic rings. The monoisotopic (exact) mass is 233 g/mol. The number of nitrogen functional groups attached to an aromatic ring is 1. The molecule has 78 valence electrons. The van der Waals surface area contributed by atoms with E-state index in [9.17, 15) is 0 Å². The van der Waals surface area contributed by atoms with Crippen molar-refractivity contribution in [2.45, 2.75) is 25.1 Å². The van der Waals surface area contributed by atoms with Crippen LogP contribution in [-0.4, -0.2) is 9.97 Å². The molecule has 1 aromatic heterocycles. The summed E-state index contributed by atoms with van der Waals surface area (Å²) < 4.78 is 0. The highest BCUT2D eigenvalue weighted by molar-refractivity contribution is 6.17. The van der Waals surface area contributed by atoms with Gasteiger partial charge >= 0.3 is 0 Å². The van der Waals surface area contributed by atoms with Gasteiger partial charge in [-0.05, 0) is 18.8 Å². The van der Waals surface area contributed by atoms with Gasteiger partial charge in [-0.2, -0.15) is 0 Å². The first-order chi connectivity index (χ1) is 6.29. The van der Waals surface area contributed by atoms with Gasteiger partial charge in [0.25, 0.3) is 0 Å². The van der Waals surface area contributed by atoms with Crippen LogP contribution >= 0.6 is 24.0 Å². The molecule has 0 spiro atoms. The summed E-state index contributed by atoms with van der Waals surface area (Å²) in [6.45, 7) is 0. The predicted molar refractivity (Wildman–Crippen MR) is 59.7 cm³/mol. The maximum atomic E-state index is 5.69. The van der Waals surface area contributed by atoms with Crippen LogP contribution in [0.15, 0.2) is 6.20 Å². The number of rotatable bonds is 3. The second kappa shape index (κ2) is 4.80. The topological polar surface area (TPSA) is 51.8 Å². The molecule has 5 heteroatoms. The van der Waals surface area contributed by atoms with Crippen LogP contribution in [-0.2, 0) is 12.3 Å². The first kappa shape index (κ1) is 11.5. The third-order valence-electron chi connectivity index (χ3n) is 2.26. The molecule has 0 atom stereocenters. The lowest BCUT2D eigenvalue weighted by atomic mass is 10.2. The van der Waals surface area contributed by atoms with Gasteiger partial charge in [0.2, 0.25) is 0 Å². The minimum atomic E-state index is 0. The largest absolute Gasteiger partial charge is 0.383 e. The Labute approximate surface area is 94.5 Å². The first-order valence-corrected chi connectivity index (χ1v) is 4.99. The summed E-state index contributed by atoms with van der Waals surface area (Å²) in [7, 11) is 0. The summed E-state index contributed by atoms with van der Waals surface area (Å²) in [5.74, 6) is 2.56. The summed E-state index contributed by atoms with van der Waals surface area (Å²) in [4.78, 5) is 8.42. The minimum Gasteiger partial charge on any atom is -0.383 e. The normalized spacial score (nSPS) is 14.9. The summed E-state index contributed by atoms with van der Waals surface area (Å²) >= 11 is 5.64. The molecule has 1 fully saturated rings. The number of anilines is 1. The van der Waals surface area contributed by atoms with E-state index in [1.165, 1.54) is 12.8 Å². The van der Waals surface area contributed by atoms with Crippen molar-refractivity contribution in [2.24, 2.45) is 5.92 Å². The zero-order chi connectivity index (χ0) is 9.26. The fraction of sp³-hybridized carbons (Fsp3) is 0.556. The number of hydrogen-bond donors (Lipinski definition) is 1. The Kier molecular flexibility index (Phi) is 3.96. The van der Waals surface area contributed by atoms with Crippen molar-refractivity contribution in [3.8, 4) is 0 Å². The van der Waals surface area contributed by atoms with E-state index in [0.717, 1.165) is 23.7 Å². The molecule has 1 heterocycles. The Bertz CT molecular complexity index is 313. The molecule has 0 aromatic carbocycles. The SMILES string of the molecule is Cl.Nc1nc(CC2CC2)ncc1CCl. The Balaban J connectivity index is 0.000000980. The molecule has 0 aliphatic heterocycles. The van der Waals surface area contributed by atoms with Gasteiger partial charge in [0, 0.05) is 18.2 Å². The van der Waals surface area contributed by atoms with Crippen LogP contribution in [0.3, 0.4) is 0 Å². The first-order valence-electron chi connectivity index (χ1n) is 4.46. The van der Waals surface area contributed by atoms with Crippen LogP contribution in [0.2, 0.25) is 0 Å². The maximum absolute atomic E-state index is 5.69. The van der Waals surface area contributed by atoms with Crippen LogP contribution in [0, 0.1) is 5.92 Å². The van der Waals surface area contributed by atoms with E-state index in [-0.39, 0.29) is 12.4 Å². The third kappa shape index (κ3) is 2.72. The van der Waals surface area contributed by atoms with Crippen molar-refractivity contribution >= 4 is 29.8 Å². The number of aromatic nitrogens is 2. The average Bonchev–Trinajstić information content (AvgIpc) is 2.89. The molecule has 3 nitrogen and oxygen atoms in total. The molecule has 0 bridgehead atoms. The van der Waals surface area contributed by atoms with E-state index in [1.54, 1.807) is 6.20 Å². The Morgan fingerprint density at radius 2 is 2.21 bits per heavy atom. The molecule has 1 saturated carbocycles. The average molecular weight is 234 g/mol. The lowest BCUT2D eigenvalue weighted by Gasteiger charge is -2.02. The van der Waals surface area contributed by atoms with Crippen molar-refractivity contribution in [3.05, 3.63) is 17.6 Å². The molecule has 0 saturated heterocycles. The summed E-state index contributed by atoms with van der Waals surface area (Å²) in [6, 6.07) is 0. The molecule has 1 aliphatic carbocycles. The van der Waals surface area contributed by atoms with Crippen LogP contribution in [0.1, 0.15) is 24.2 Å². The van der Waals surface area contributed by atoms with E-state index in [0.29, 0.717) is 11.7 Å². The molecule has 2 N–H and O–H groups in total. The molecule has 1 aromatic rings. The van der Waals surface area contributed by atoms with Gasteiger partial charge in [-0.1, -0.05) is 0 Å². The maximum Gasteiger partial charge on any atom is 0.131 e. The highest BCUT2D eigenvalue weighted by Crippen LogP contribution is 2.31. The molecule has 0 radical (unpaired) electrons. The predicted octanol–water partition coefficient (Wildman–Crippen LogP) is 2.17. The molecular formula is C9H13Cl2N3. The van der Waals surface area contributed by atoms with E-state index >= 15 is 0 Å². The molecule has 0 amide bonds. The molecule has 0 unspecified atom stereocenters. The van der Waals surface area contributed by atoms with E-state index in [1.807, 2.05) is 0 Å². The minimum absolute atomic E-state index is 0. The number of nitrogens with two attached hydrogens (primary N) is 1. The number of hydrogen-bond acceptors (Lipinski definition) is 3. The Hall–Kier alpha value is -0.540. The lowest BCUT2D eigenvalue weighted by Crippen LogP contribution is -2.03. The third-order valence-corrected chi connectivity index (χ3v) is 2.55. The lowest BCUT2D eigenvalue weighted by molar-refractivity contribution is 0.769. The standard InChI is InChI=1S/C9H12ClN3.ClH/c10-4-7-5-12-8(13-9(7)11)3-6-1-2-6;/h5-6H,1-4H2,(H2,11,12,13);1H. The summed E-state index contributed by atoms with van der Waals surface area (Å²) in [5.41, 5.74) is 6.51. The number of nitrogens with zero attached hydrogens (tertiary/aromatic N) is 2. The second-order valence-corrected chi connectivity index (χ2v) is 3.75. The van der Waals surface area contributed by atoms with Crippen LogP contribution in [0.4, 0.5) is 5.82 Å². The van der Waals surface area contributed by atoms with Crippen molar-refractivity contribution in [1.29, 1.82) is 0 Å². The van der Waals surface area contributed by atoms with E-state index < -0.39 is 0 Å². The van der Waals surface area contributed by atoms with E-state index in [2.05, 4.69) is 9.97 Å². The zero-order valence-corrected chi connectivity index (χ0v) is 9.31. The van der Waals surface area contributed by atoms with Gasteiger partial charge < -0.3 is 5.73 Å². The van der Waals surface area contributed by atoms with Crippen LogP contribution in [0.5, 0.6) is 0 Å². The van der Waals surface area contributed by atoms with Gasteiger partial charge in [0.1, 0.15) is 11.6 Å². The molecule has 14 heavy (non-hydrogen) atoms. The van der Waals surface area contributed by atoms with Gasteiger partial charge in [-0.15, -0.1) is 24.0 Å². The summed E-state index contributed by atoms with van der Waals surface area (Å²) in [6.07, 6.45) is 5.31. The fourth-order valence-electron chi connectivity index (χ4n) is 1.24. The van der Waals surface area contributed by atoms with Crippen LogP contribution in [0.25, 0.3) is 0 Å². The quantitative estimate of drug-likeness (QED) is 0.815. The number of alkyl halides is 1. The Morgan fingerprint density at radius 1 is 1.50 bits per heavy atom. The highest BCUT2D eigenvalue weighted by Gasteiger charge is 2.22. The highest BCUT2D eigenvalue weighted by atomic mass is 35.5. The van der Waals surface area contributed by atoms with Gasteiger partial charge in [-0.25, -0.2) is 9.97 Å². The Morgan fingerprint density at radius 3 is 2.71 bits per heavy atom. The number of halogens is 2. The van der Waals surface area contributed by atoms with Crippen LogP contribution < -0.4 is 5.73 Å². The van der Waals surface area contributed by atoms with Crippen molar-refractivity contribution < 1.29 is 0 Å². The van der Waals surface area contributed by atoms with E-state index in [4.69, 9.17) is 17.3 Å². The fourth-order valence-corrected chi connectivity index (χ4v) is 1.45. The van der Waals surface area contributed by atoms with Crippen molar-refractivity contribution in [3.63, 3.8) is 0 Å². The summed E-state index contributed by atoms with van der Waals surface area (Å²) in [5, 5.41) is 0. The molecule has 2 rings (SSSR count). The van der Waals surface area contributed by atoms with Gasteiger partial charge in [0.15, 0.2) is 0 Å². The molecular weight excluding hydrogens is 221 g/mol. The van der Waals surface area contributed by atoms with Gasteiger partial charge in [0.05, 0.1) is 5.88 Å². The smallest absolute Gasteiger partial charge is 0.131 e. The van der Waals surface area contributed by atoms with Crippen molar-refractivity contribution in [2.75, 3.05) is 5.73 Å². The van der Waals surface area contributed by atoms with Gasteiger partial charge in [-0.3, -0.25) is 0 Å². The van der Waals surface area contributed by atoms with Crippen molar-refractivity contribution in [1.82, 2.24) is 9.97 Å².